The summed E-state index contributed by atoms with van der Waals surface area (Å²) in [5.74, 6) is 0.696. The first-order chi connectivity index (χ1) is 14.0. The molecule has 1 N–H and O–H groups in total. The van der Waals surface area contributed by atoms with Gasteiger partial charge in [0.15, 0.2) is 11.5 Å². The molecule has 8 nitrogen and oxygen atoms in total. The number of carbonyl (C=O) groups is 1. The SMILES string of the molecule is COCCn1ccc2nc(C)c(C(=O)Nc3ccc(OC)c(OC)c3)cc2c1=O. The normalized spacial score (nSPS) is 10.8. The van der Waals surface area contributed by atoms with Gasteiger partial charge in [0.1, 0.15) is 0 Å². The van der Waals surface area contributed by atoms with Crippen LogP contribution in [0.1, 0.15) is 16.1 Å². The van der Waals surface area contributed by atoms with Crippen molar-refractivity contribution in [3.8, 4) is 11.5 Å². The number of rotatable bonds is 7. The maximum absolute atomic E-state index is 12.8. The summed E-state index contributed by atoms with van der Waals surface area (Å²) in [5.41, 5.74) is 1.73. The summed E-state index contributed by atoms with van der Waals surface area (Å²) in [6, 6.07) is 8.42. The number of carbonyl (C=O) groups excluding carboxylic acids is 1. The molecule has 0 bridgehead atoms. The number of benzene rings is 1. The molecular formula is C21H23N3O5. The third-order valence-electron chi connectivity index (χ3n) is 4.57. The molecule has 0 saturated heterocycles. The number of hydrogen-bond acceptors (Lipinski definition) is 6. The fraction of sp³-hybridized carbons (Fsp3) is 0.286. The lowest BCUT2D eigenvalue weighted by atomic mass is 10.1. The molecule has 0 radical (unpaired) electrons. The second kappa shape index (κ2) is 8.74. The van der Waals surface area contributed by atoms with E-state index >= 15 is 0 Å². The number of hydrogen-bond donors (Lipinski definition) is 1. The highest BCUT2D eigenvalue weighted by Gasteiger charge is 2.15. The Morgan fingerprint density at radius 2 is 1.86 bits per heavy atom. The van der Waals surface area contributed by atoms with E-state index < -0.39 is 0 Å². The van der Waals surface area contributed by atoms with Crippen LogP contribution in [0, 0.1) is 6.92 Å². The second-order valence-electron chi connectivity index (χ2n) is 6.39. The van der Waals surface area contributed by atoms with E-state index in [0.717, 1.165) is 0 Å². The zero-order chi connectivity index (χ0) is 21.0. The van der Waals surface area contributed by atoms with Crippen LogP contribution in [-0.4, -0.2) is 43.4 Å². The predicted molar refractivity (Wildman–Crippen MR) is 110 cm³/mol. The molecule has 0 aliphatic rings. The smallest absolute Gasteiger partial charge is 0.260 e. The van der Waals surface area contributed by atoms with Crippen LogP contribution < -0.4 is 20.3 Å². The summed E-state index contributed by atoms with van der Waals surface area (Å²) in [6.07, 6.45) is 1.68. The molecule has 3 aromatic rings. The van der Waals surface area contributed by atoms with E-state index in [0.29, 0.717) is 52.5 Å². The molecule has 0 spiro atoms. The summed E-state index contributed by atoms with van der Waals surface area (Å²) in [7, 11) is 4.64. The number of fused-ring (bicyclic) bond motifs is 1. The number of amides is 1. The lowest BCUT2D eigenvalue weighted by Crippen LogP contribution is -2.23. The van der Waals surface area contributed by atoms with Gasteiger partial charge in [0, 0.05) is 31.6 Å². The van der Waals surface area contributed by atoms with Crippen molar-refractivity contribution in [1.82, 2.24) is 9.55 Å². The van der Waals surface area contributed by atoms with Gasteiger partial charge in [-0.15, -0.1) is 0 Å². The maximum atomic E-state index is 12.8. The molecule has 1 amide bonds. The Labute approximate surface area is 168 Å². The number of nitrogens with zero attached hydrogens (tertiary/aromatic N) is 2. The summed E-state index contributed by atoms with van der Waals surface area (Å²) < 4.78 is 17.0. The Bertz CT molecular complexity index is 1110. The summed E-state index contributed by atoms with van der Waals surface area (Å²) in [5, 5.41) is 3.20. The molecule has 2 aromatic heterocycles. The highest BCUT2D eigenvalue weighted by atomic mass is 16.5. The van der Waals surface area contributed by atoms with Crippen molar-refractivity contribution in [2.45, 2.75) is 13.5 Å². The highest BCUT2D eigenvalue weighted by molar-refractivity contribution is 6.06. The number of nitrogens with one attached hydrogen (secondary N) is 1. The number of aryl methyl sites for hydroxylation is 1. The zero-order valence-electron chi connectivity index (χ0n) is 16.8. The molecule has 0 aliphatic heterocycles. The monoisotopic (exact) mass is 397 g/mol. The van der Waals surface area contributed by atoms with E-state index in [2.05, 4.69) is 10.3 Å². The third kappa shape index (κ3) is 4.22. The van der Waals surface area contributed by atoms with Crippen LogP contribution in [0.3, 0.4) is 0 Å². The van der Waals surface area contributed by atoms with Gasteiger partial charge in [-0.2, -0.15) is 0 Å². The average molecular weight is 397 g/mol. The van der Waals surface area contributed by atoms with E-state index in [1.165, 1.54) is 7.11 Å². The van der Waals surface area contributed by atoms with E-state index in [9.17, 15) is 9.59 Å². The molecule has 0 unspecified atom stereocenters. The van der Waals surface area contributed by atoms with Crippen LogP contribution in [-0.2, 0) is 11.3 Å². The number of pyridine rings is 2. The van der Waals surface area contributed by atoms with Crippen LogP contribution in [0.4, 0.5) is 5.69 Å². The van der Waals surface area contributed by atoms with Crippen molar-refractivity contribution in [3.05, 3.63) is 58.1 Å². The third-order valence-corrected chi connectivity index (χ3v) is 4.57. The van der Waals surface area contributed by atoms with E-state index in [1.54, 1.807) is 62.2 Å². The van der Waals surface area contributed by atoms with Gasteiger partial charge in [0.2, 0.25) is 0 Å². The highest BCUT2D eigenvalue weighted by Crippen LogP contribution is 2.30. The Morgan fingerprint density at radius 3 is 2.55 bits per heavy atom. The van der Waals surface area contributed by atoms with Crippen LogP contribution in [0.2, 0.25) is 0 Å². The largest absolute Gasteiger partial charge is 0.493 e. The van der Waals surface area contributed by atoms with Crippen LogP contribution in [0.15, 0.2) is 41.3 Å². The molecule has 0 saturated carbocycles. The molecule has 0 atom stereocenters. The molecule has 152 valence electrons. The molecule has 1 aromatic carbocycles. The second-order valence-corrected chi connectivity index (χ2v) is 6.39. The van der Waals surface area contributed by atoms with Crippen LogP contribution in [0.5, 0.6) is 11.5 Å². The molecular weight excluding hydrogens is 374 g/mol. The maximum Gasteiger partial charge on any atom is 0.260 e. The summed E-state index contributed by atoms with van der Waals surface area (Å²) in [4.78, 5) is 30.0. The Hall–Kier alpha value is -3.39. The van der Waals surface area contributed by atoms with Gasteiger partial charge in [-0.1, -0.05) is 0 Å². The number of aromatic nitrogens is 2. The van der Waals surface area contributed by atoms with E-state index in [1.807, 2.05) is 0 Å². The summed E-state index contributed by atoms with van der Waals surface area (Å²) in [6.45, 7) is 2.57. The molecule has 29 heavy (non-hydrogen) atoms. The van der Waals surface area contributed by atoms with Crippen molar-refractivity contribution in [2.24, 2.45) is 0 Å². The van der Waals surface area contributed by atoms with E-state index in [4.69, 9.17) is 14.2 Å². The number of anilines is 1. The standard InChI is InChI=1S/C21H23N3O5/c1-13-15(20(25)23-14-5-6-18(28-3)19(11-14)29-4)12-16-17(22-13)7-8-24(21(16)26)9-10-27-2/h5-8,11-12H,9-10H2,1-4H3,(H,23,25). The Kier molecular flexibility index (Phi) is 6.13. The number of methoxy groups -OCH3 is 3. The van der Waals surface area contributed by atoms with Gasteiger partial charge in [0.05, 0.1) is 43.0 Å². The Morgan fingerprint density at radius 1 is 1.10 bits per heavy atom. The fourth-order valence-electron chi connectivity index (χ4n) is 3.01. The van der Waals surface area contributed by atoms with Crippen molar-refractivity contribution in [3.63, 3.8) is 0 Å². The first-order valence-corrected chi connectivity index (χ1v) is 9.01. The minimum Gasteiger partial charge on any atom is -0.493 e. The van der Waals surface area contributed by atoms with Gasteiger partial charge in [0.25, 0.3) is 11.5 Å². The van der Waals surface area contributed by atoms with Crippen molar-refractivity contribution >= 4 is 22.5 Å². The minimum atomic E-state index is -0.365. The van der Waals surface area contributed by atoms with E-state index in [-0.39, 0.29) is 11.5 Å². The van der Waals surface area contributed by atoms with Crippen molar-refractivity contribution < 1.29 is 19.0 Å². The Balaban J connectivity index is 1.96. The summed E-state index contributed by atoms with van der Waals surface area (Å²) >= 11 is 0. The quantitative estimate of drug-likeness (QED) is 0.659. The molecule has 2 heterocycles. The average Bonchev–Trinajstić information content (AvgIpc) is 2.72. The van der Waals surface area contributed by atoms with Gasteiger partial charge < -0.3 is 24.1 Å². The predicted octanol–water partition coefficient (Wildman–Crippen LogP) is 2.62. The van der Waals surface area contributed by atoms with Gasteiger partial charge in [-0.25, -0.2) is 0 Å². The molecule has 0 fully saturated rings. The van der Waals surface area contributed by atoms with Crippen LogP contribution >= 0.6 is 0 Å². The topological polar surface area (TPSA) is 91.7 Å². The van der Waals surface area contributed by atoms with Crippen molar-refractivity contribution in [1.29, 1.82) is 0 Å². The first kappa shape index (κ1) is 20.3. The fourth-order valence-corrected chi connectivity index (χ4v) is 3.01. The molecule has 0 aliphatic carbocycles. The molecule has 8 heteroatoms. The first-order valence-electron chi connectivity index (χ1n) is 9.01. The van der Waals surface area contributed by atoms with Gasteiger partial charge in [-0.05, 0) is 31.2 Å². The lowest BCUT2D eigenvalue weighted by molar-refractivity contribution is 0.102. The van der Waals surface area contributed by atoms with Crippen LogP contribution in [0.25, 0.3) is 10.9 Å². The van der Waals surface area contributed by atoms with Gasteiger partial charge >= 0.3 is 0 Å². The van der Waals surface area contributed by atoms with Gasteiger partial charge in [-0.3, -0.25) is 14.6 Å². The van der Waals surface area contributed by atoms with Crippen molar-refractivity contribution in [2.75, 3.05) is 33.3 Å². The molecule has 3 rings (SSSR count). The lowest BCUT2D eigenvalue weighted by Gasteiger charge is -2.12. The minimum absolute atomic E-state index is 0.216. The number of ether oxygens (including phenoxy) is 3. The zero-order valence-corrected chi connectivity index (χ0v) is 16.8.